The van der Waals surface area contributed by atoms with Crippen LogP contribution in [0.15, 0.2) is 12.4 Å². The molecule has 0 radical (unpaired) electrons. The largest absolute Gasteiger partial charge is 0.376 e. The van der Waals surface area contributed by atoms with E-state index in [0.717, 1.165) is 31.9 Å². The molecule has 6 heteroatoms. The lowest BCUT2D eigenvalue weighted by molar-refractivity contribution is -0.130. The summed E-state index contributed by atoms with van der Waals surface area (Å²) in [5.74, 6) is 0.926. The maximum atomic E-state index is 12.1. The minimum absolute atomic E-state index is 0.157. The lowest BCUT2D eigenvalue weighted by Crippen LogP contribution is -2.43. The molecule has 3 rings (SSSR count). The third kappa shape index (κ3) is 4.32. The fourth-order valence-electron chi connectivity index (χ4n) is 3.22. The molecule has 1 saturated carbocycles. The zero-order valence-corrected chi connectivity index (χ0v) is 14.4. The van der Waals surface area contributed by atoms with E-state index in [1.54, 1.807) is 4.90 Å². The van der Waals surface area contributed by atoms with Crippen LogP contribution in [-0.2, 0) is 23.0 Å². The van der Waals surface area contributed by atoms with Crippen molar-refractivity contribution < 1.29 is 9.53 Å². The Kier molecular flexibility index (Phi) is 5.02. The van der Waals surface area contributed by atoms with E-state index in [2.05, 4.69) is 16.2 Å². The molecule has 2 aliphatic rings. The van der Waals surface area contributed by atoms with Crippen LogP contribution in [0.3, 0.4) is 0 Å². The smallest absolute Gasteiger partial charge is 0.236 e. The van der Waals surface area contributed by atoms with Gasteiger partial charge in [-0.1, -0.05) is 0 Å². The monoisotopic (exact) mass is 320 g/mol. The Hall–Kier alpha value is -1.40. The van der Waals surface area contributed by atoms with E-state index in [1.807, 2.05) is 32.0 Å². The van der Waals surface area contributed by atoms with Crippen molar-refractivity contribution in [1.82, 2.24) is 19.6 Å². The standard InChI is InChI=1S/C17H28N4O2/c1-19(2)17(22)11-21-7-6-16(23-12-13-4-5-13)15(21)8-14-9-18-20(3)10-14/h9-10,13,15-16H,4-8,11-12H2,1-3H3/t15-,16-/m1/s1. The van der Waals surface area contributed by atoms with Gasteiger partial charge in [-0.05, 0) is 37.2 Å². The van der Waals surface area contributed by atoms with Crippen molar-refractivity contribution in [3.8, 4) is 0 Å². The predicted octanol–water partition coefficient (Wildman–Crippen LogP) is 0.920. The fraction of sp³-hybridized carbons (Fsp3) is 0.765. The average molecular weight is 320 g/mol. The van der Waals surface area contributed by atoms with E-state index in [-0.39, 0.29) is 18.1 Å². The first kappa shape index (κ1) is 16.5. The number of carbonyl (C=O) groups is 1. The van der Waals surface area contributed by atoms with Gasteiger partial charge in [0.05, 0.1) is 18.8 Å². The number of ether oxygens (including phenoxy) is 1. The summed E-state index contributed by atoms with van der Waals surface area (Å²) < 4.78 is 8.03. The number of aromatic nitrogens is 2. The van der Waals surface area contributed by atoms with Gasteiger partial charge in [-0.2, -0.15) is 5.10 Å². The number of aryl methyl sites for hydroxylation is 1. The molecule has 1 aromatic heterocycles. The van der Waals surface area contributed by atoms with Crippen LogP contribution in [-0.4, -0.2) is 71.4 Å². The van der Waals surface area contributed by atoms with Crippen molar-refractivity contribution in [1.29, 1.82) is 0 Å². The quantitative estimate of drug-likeness (QED) is 0.750. The molecule has 0 bridgehead atoms. The Morgan fingerprint density at radius 3 is 2.78 bits per heavy atom. The summed E-state index contributed by atoms with van der Waals surface area (Å²) in [5, 5.41) is 4.26. The highest BCUT2D eigenvalue weighted by atomic mass is 16.5. The molecule has 2 atom stereocenters. The van der Waals surface area contributed by atoms with Crippen LogP contribution in [0.2, 0.25) is 0 Å². The van der Waals surface area contributed by atoms with Crippen molar-refractivity contribution >= 4 is 5.91 Å². The summed E-state index contributed by atoms with van der Waals surface area (Å²) in [7, 11) is 5.57. The second-order valence-electron chi connectivity index (χ2n) is 7.16. The first-order chi connectivity index (χ1) is 11.0. The van der Waals surface area contributed by atoms with E-state index < -0.39 is 0 Å². The summed E-state index contributed by atoms with van der Waals surface area (Å²) in [6, 6.07) is 0.266. The lowest BCUT2D eigenvalue weighted by atomic mass is 10.0. The lowest BCUT2D eigenvalue weighted by Gasteiger charge is -2.28. The number of carbonyl (C=O) groups excluding carboxylic acids is 1. The Morgan fingerprint density at radius 2 is 2.17 bits per heavy atom. The summed E-state index contributed by atoms with van der Waals surface area (Å²) in [6.07, 6.45) is 8.73. The summed E-state index contributed by atoms with van der Waals surface area (Å²) in [5.41, 5.74) is 1.21. The number of hydrogen-bond acceptors (Lipinski definition) is 4. The highest BCUT2D eigenvalue weighted by molar-refractivity contribution is 5.77. The van der Waals surface area contributed by atoms with E-state index in [1.165, 1.54) is 18.4 Å². The first-order valence-corrected chi connectivity index (χ1v) is 8.56. The van der Waals surface area contributed by atoms with Gasteiger partial charge < -0.3 is 9.64 Å². The molecule has 0 N–H and O–H groups in total. The molecule has 1 amide bonds. The van der Waals surface area contributed by atoms with Crippen molar-refractivity contribution in [3.05, 3.63) is 18.0 Å². The average Bonchev–Trinajstić information content (AvgIpc) is 3.15. The fourth-order valence-corrected chi connectivity index (χ4v) is 3.22. The molecule has 1 aromatic rings. The molecular formula is C17H28N4O2. The third-order valence-corrected chi connectivity index (χ3v) is 4.88. The molecule has 2 fully saturated rings. The van der Waals surface area contributed by atoms with E-state index in [0.29, 0.717) is 6.54 Å². The zero-order valence-electron chi connectivity index (χ0n) is 14.4. The normalized spacial score (nSPS) is 25.0. The maximum Gasteiger partial charge on any atom is 0.236 e. The SMILES string of the molecule is CN(C)C(=O)CN1CC[C@@H](OCC2CC2)[C@H]1Cc1cnn(C)c1. The molecular weight excluding hydrogens is 292 g/mol. The number of likely N-dealkylation sites (tertiary alicyclic amines) is 1. The van der Waals surface area contributed by atoms with E-state index >= 15 is 0 Å². The van der Waals surface area contributed by atoms with Gasteiger partial charge in [0.2, 0.25) is 5.91 Å². The van der Waals surface area contributed by atoms with Crippen LogP contribution in [0.25, 0.3) is 0 Å². The second-order valence-corrected chi connectivity index (χ2v) is 7.16. The number of rotatable bonds is 7. The van der Waals surface area contributed by atoms with Crippen LogP contribution in [0.1, 0.15) is 24.8 Å². The van der Waals surface area contributed by atoms with E-state index in [9.17, 15) is 4.79 Å². The van der Waals surface area contributed by atoms with Gasteiger partial charge in [0.25, 0.3) is 0 Å². The van der Waals surface area contributed by atoms with Crippen LogP contribution in [0.4, 0.5) is 0 Å². The van der Waals surface area contributed by atoms with Gasteiger partial charge in [-0.3, -0.25) is 14.4 Å². The van der Waals surface area contributed by atoms with Crippen LogP contribution in [0, 0.1) is 5.92 Å². The summed E-state index contributed by atoms with van der Waals surface area (Å²) >= 11 is 0. The predicted molar refractivity (Wildman–Crippen MR) is 88.0 cm³/mol. The molecule has 0 aromatic carbocycles. The van der Waals surface area contributed by atoms with Crippen LogP contribution in [0.5, 0.6) is 0 Å². The molecule has 23 heavy (non-hydrogen) atoms. The maximum absolute atomic E-state index is 12.1. The van der Waals surface area contributed by atoms with Crippen molar-refractivity contribution in [2.75, 3.05) is 33.8 Å². The summed E-state index contributed by atoms with van der Waals surface area (Å²) in [6.45, 7) is 2.28. The molecule has 6 nitrogen and oxygen atoms in total. The number of amides is 1. The van der Waals surface area contributed by atoms with Crippen molar-refractivity contribution in [3.63, 3.8) is 0 Å². The van der Waals surface area contributed by atoms with Gasteiger partial charge >= 0.3 is 0 Å². The second kappa shape index (κ2) is 7.01. The number of likely N-dealkylation sites (N-methyl/N-ethyl adjacent to an activating group) is 1. The summed E-state index contributed by atoms with van der Waals surface area (Å²) in [4.78, 5) is 16.1. The Labute approximate surface area is 138 Å². The highest BCUT2D eigenvalue weighted by Crippen LogP contribution is 2.31. The molecule has 128 valence electrons. The minimum atomic E-state index is 0.157. The minimum Gasteiger partial charge on any atom is -0.376 e. The van der Waals surface area contributed by atoms with Gasteiger partial charge in [0, 0.05) is 46.5 Å². The number of nitrogens with zero attached hydrogens (tertiary/aromatic N) is 4. The Balaban J connectivity index is 1.65. The zero-order chi connectivity index (χ0) is 16.4. The highest BCUT2D eigenvalue weighted by Gasteiger charge is 2.37. The van der Waals surface area contributed by atoms with Gasteiger partial charge in [0.1, 0.15) is 0 Å². The topological polar surface area (TPSA) is 50.6 Å². The van der Waals surface area contributed by atoms with Crippen molar-refractivity contribution in [2.24, 2.45) is 13.0 Å². The molecule has 0 spiro atoms. The molecule has 1 aliphatic heterocycles. The molecule has 0 unspecified atom stereocenters. The third-order valence-electron chi connectivity index (χ3n) is 4.88. The van der Waals surface area contributed by atoms with Gasteiger partial charge in [-0.25, -0.2) is 0 Å². The Morgan fingerprint density at radius 1 is 1.39 bits per heavy atom. The van der Waals surface area contributed by atoms with E-state index in [4.69, 9.17) is 4.74 Å². The van der Waals surface area contributed by atoms with Gasteiger partial charge in [-0.15, -0.1) is 0 Å². The van der Waals surface area contributed by atoms with Crippen LogP contribution < -0.4 is 0 Å². The number of hydrogen-bond donors (Lipinski definition) is 0. The van der Waals surface area contributed by atoms with Crippen molar-refractivity contribution in [2.45, 2.75) is 37.8 Å². The molecule has 1 aliphatic carbocycles. The van der Waals surface area contributed by atoms with Crippen LogP contribution >= 0.6 is 0 Å². The molecule has 2 heterocycles. The molecule has 1 saturated heterocycles. The Bertz CT molecular complexity index is 538. The van der Waals surface area contributed by atoms with Gasteiger partial charge in [0.15, 0.2) is 0 Å². The first-order valence-electron chi connectivity index (χ1n) is 8.56.